The topological polar surface area (TPSA) is 54.4 Å². The van der Waals surface area contributed by atoms with Gasteiger partial charge in [-0.25, -0.2) is 4.79 Å². The van der Waals surface area contributed by atoms with Gasteiger partial charge in [-0.1, -0.05) is 26.5 Å². The number of allylic oxidation sites excluding steroid dienone is 2. The summed E-state index contributed by atoms with van der Waals surface area (Å²) in [7, 11) is 0. The molecule has 0 unspecified atom stereocenters. The van der Waals surface area contributed by atoms with Crippen LogP contribution in [0.2, 0.25) is 0 Å². The second-order valence-corrected chi connectivity index (χ2v) is 5.87. The maximum Gasteiger partial charge on any atom is 0.331 e. The van der Waals surface area contributed by atoms with Crippen molar-refractivity contribution >= 4 is 11.8 Å². The van der Waals surface area contributed by atoms with Crippen LogP contribution in [-0.4, -0.2) is 16.9 Å². The van der Waals surface area contributed by atoms with Crippen LogP contribution in [0, 0.1) is 17.3 Å². The second-order valence-electron chi connectivity index (χ2n) is 5.87. The fraction of sp³-hybridized carbons (Fsp3) is 0.600. The number of rotatable bonds is 2. The van der Waals surface area contributed by atoms with E-state index in [0.717, 1.165) is 24.8 Å². The van der Waals surface area contributed by atoms with Gasteiger partial charge in [0.1, 0.15) is 0 Å². The summed E-state index contributed by atoms with van der Waals surface area (Å²) in [6, 6.07) is 0. The second kappa shape index (κ2) is 4.38. The van der Waals surface area contributed by atoms with Gasteiger partial charge in [0.2, 0.25) is 0 Å². The Morgan fingerprint density at radius 3 is 2.83 bits per heavy atom. The van der Waals surface area contributed by atoms with Crippen LogP contribution in [0.1, 0.15) is 39.5 Å². The molecule has 0 bridgehead atoms. The van der Waals surface area contributed by atoms with Crippen molar-refractivity contribution in [2.24, 2.45) is 17.3 Å². The largest absolute Gasteiger partial charge is 0.478 e. The van der Waals surface area contributed by atoms with E-state index in [1.165, 1.54) is 0 Å². The third kappa shape index (κ3) is 1.92. The van der Waals surface area contributed by atoms with Gasteiger partial charge >= 0.3 is 5.97 Å². The van der Waals surface area contributed by atoms with Crippen LogP contribution in [0.15, 0.2) is 23.8 Å². The van der Waals surface area contributed by atoms with Gasteiger partial charge in [0.05, 0.1) is 0 Å². The van der Waals surface area contributed by atoms with Gasteiger partial charge in [0, 0.05) is 12.0 Å². The zero-order valence-electron chi connectivity index (χ0n) is 11.0. The quantitative estimate of drug-likeness (QED) is 0.764. The number of aliphatic carboxylic acids is 1. The zero-order valence-corrected chi connectivity index (χ0v) is 11.0. The molecule has 18 heavy (non-hydrogen) atoms. The Bertz CT molecular complexity index is 447. The van der Waals surface area contributed by atoms with E-state index in [9.17, 15) is 9.59 Å². The maximum atomic E-state index is 12.2. The molecule has 3 heteroatoms. The summed E-state index contributed by atoms with van der Waals surface area (Å²) in [5, 5.41) is 9.04. The molecule has 0 aliphatic heterocycles. The lowest BCUT2D eigenvalue weighted by Crippen LogP contribution is -2.41. The van der Waals surface area contributed by atoms with Crippen LogP contribution in [0.4, 0.5) is 0 Å². The average Bonchev–Trinajstić information content (AvgIpc) is 2.30. The molecule has 3 nitrogen and oxygen atoms in total. The lowest BCUT2D eigenvalue weighted by Gasteiger charge is -2.46. The summed E-state index contributed by atoms with van der Waals surface area (Å²) in [5.41, 5.74) is 0.938. The molecule has 0 aromatic heterocycles. The molecule has 1 N–H and O–H groups in total. The first-order valence-corrected chi connectivity index (χ1v) is 6.52. The highest BCUT2D eigenvalue weighted by molar-refractivity contribution is 5.99. The zero-order chi connectivity index (χ0) is 13.5. The summed E-state index contributed by atoms with van der Waals surface area (Å²) in [6.07, 6.45) is 5.13. The predicted molar refractivity (Wildman–Crippen MR) is 69.1 cm³/mol. The summed E-state index contributed by atoms with van der Waals surface area (Å²) >= 11 is 0. The molecule has 0 heterocycles. The molecule has 98 valence electrons. The minimum atomic E-state index is -0.979. The molecule has 1 saturated carbocycles. The molecular weight excluding hydrogens is 228 g/mol. The van der Waals surface area contributed by atoms with Gasteiger partial charge in [-0.2, -0.15) is 0 Å². The van der Waals surface area contributed by atoms with Crippen molar-refractivity contribution in [3.05, 3.63) is 23.8 Å². The van der Waals surface area contributed by atoms with Crippen LogP contribution in [0.3, 0.4) is 0 Å². The van der Waals surface area contributed by atoms with Gasteiger partial charge in [-0.3, -0.25) is 4.79 Å². The first-order valence-electron chi connectivity index (χ1n) is 6.52. The lowest BCUT2D eigenvalue weighted by atomic mass is 9.57. The summed E-state index contributed by atoms with van der Waals surface area (Å²) in [4.78, 5) is 23.2. The third-order valence-electron chi connectivity index (χ3n) is 4.82. The number of hydrogen-bond acceptors (Lipinski definition) is 2. The lowest BCUT2D eigenvalue weighted by molar-refractivity contribution is -0.133. The Morgan fingerprint density at radius 1 is 1.56 bits per heavy atom. The molecule has 0 amide bonds. The van der Waals surface area contributed by atoms with Crippen molar-refractivity contribution in [3.8, 4) is 0 Å². The molecule has 2 aliphatic carbocycles. The smallest absolute Gasteiger partial charge is 0.331 e. The minimum absolute atomic E-state index is 0.114. The SMILES string of the molecule is C=C(C(=O)O)[C@H]1CC(=O)C2=CCC[C@@H](C)[C@]2(C)C1. The molecule has 1 fully saturated rings. The van der Waals surface area contributed by atoms with Gasteiger partial charge < -0.3 is 5.11 Å². The third-order valence-corrected chi connectivity index (χ3v) is 4.82. The first-order chi connectivity index (χ1) is 8.36. The van der Waals surface area contributed by atoms with E-state index < -0.39 is 5.97 Å². The van der Waals surface area contributed by atoms with Crippen molar-refractivity contribution < 1.29 is 14.7 Å². The van der Waals surface area contributed by atoms with Crippen LogP contribution in [0.5, 0.6) is 0 Å². The monoisotopic (exact) mass is 248 g/mol. The van der Waals surface area contributed by atoms with Gasteiger partial charge in [-0.05, 0) is 42.1 Å². The van der Waals surface area contributed by atoms with Crippen molar-refractivity contribution in [1.29, 1.82) is 0 Å². The van der Waals surface area contributed by atoms with E-state index in [2.05, 4.69) is 26.5 Å². The molecule has 0 aromatic carbocycles. The fourth-order valence-corrected chi connectivity index (χ4v) is 3.38. The predicted octanol–water partition coefficient (Wildman–Crippen LogP) is 2.97. The molecule has 0 spiro atoms. The Kier molecular flexibility index (Phi) is 3.18. The summed E-state index contributed by atoms with van der Waals surface area (Å²) < 4.78 is 0. The minimum Gasteiger partial charge on any atom is -0.478 e. The number of fused-ring (bicyclic) bond motifs is 1. The molecular formula is C15H20O3. The van der Waals surface area contributed by atoms with E-state index >= 15 is 0 Å². The molecule has 2 aliphatic rings. The number of ketones is 1. The van der Waals surface area contributed by atoms with Gasteiger partial charge in [-0.15, -0.1) is 0 Å². The Balaban J connectivity index is 2.33. The van der Waals surface area contributed by atoms with E-state index in [-0.39, 0.29) is 22.7 Å². The Hall–Kier alpha value is -1.38. The summed E-state index contributed by atoms with van der Waals surface area (Å²) in [6.45, 7) is 7.89. The number of carbonyl (C=O) groups excluding carboxylic acids is 1. The number of carbonyl (C=O) groups is 2. The van der Waals surface area contributed by atoms with Crippen LogP contribution in [0.25, 0.3) is 0 Å². The molecule has 0 aromatic rings. The van der Waals surface area contributed by atoms with E-state index in [1.807, 2.05) is 0 Å². The standard InChI is InChI=1S/C15H20O3/c1-9-5-4-6-12-13(16)7-11(8-15(9,12)3)10(2)14(17)18/h6,9,11H,2,4-5,7-8H2,1,3H3,(H,17,18)/t9-,11+,15+/m1/s1. The Labute approximate surface area is 108 Å². The average molecular weight is 248 g/mol. The number of hydrogen-bond donors (Lipinski definition) is 1. The molecule has 0 saturated heterocycles. The van der Waals surface area contributed by atoms with Gasteiger partial charge in [0.25, 0.3) is 0 Å². The number of Topliss-reactive ketones (excluding diaryl/α,β-unsaturated/α-hetero) is 1. The molecule has 3 atom stereocenters. The van der Waals surface area contributed by atoms with Crippen LogP contribution < -0.4 is 0 Å². The Morgan fingerprint density at radius 2 is 2.22 bits per heavy atom. The highest BCUT2D eigenvalue weighted by Gasteiger charge is 2.46. The van der Waals surface area contributed by atoms with Crippen molar-refractivity contribution in [2.45, 2.75) is 39.5 Å². The molecule has 0 radical (unpaired) electrons. The van der Waals surface area contributed by atoms with Crippen molar-refractivity contribution in [1.82, 2.24) is 0 Å². The van der Waals surface area contributed by atoms with Crippen molar-refractivity contribution in [2.75, 3.05) is 0 Å². The van der Waals surface area contributed by atoms with Gasteiger partial charge in [0.15, 0.2) is 5.78 Å². The van der Waals surface area contributed by atoms with E-state index in [0.29, 0.717) is 12.3 Å². The number of carboxylic acid groups (broad SMARTS) is 1. The maximum absolute atomic E-state index is 12.2. The number of carboxylic acids is 1. The van der Waals surface area contributed by atoms with Crippen LogP contribution >= 0.6 is 0 Å². The van der Waals surface area contributed by atoms with E-state index in [4.69, 9.17) is 5.11 Å². The highest BCUT2D eigenvalue weighted by Crippen LogP contribution is 2.51. The normalized spacial score (nSPS) is 35.7. The van der Waals surface area contributed by atoms with Crippen LogP contribution in [-0.2, 0) is 9.59 Å². The molecule has 2 rings (SSSR count). The van der Waals surface area contributed by atoms with E-state index in [1.54, 1.807) is 0 Å². The highest BCUT2D eigenvalue weighted by atomic mass is 16.4. The van der Waals surface area contributed by atoms with Crippen molar-refractivity contribution in [3.63, 3.8) is 0 Å². The fourth-order valence-electron chi connectivity index (χ4n) is 3.38. The summed E-state index contributed by atoms with van der Waals surface area (Å²) in [5.74, 6) is -0.654. The first kappa shape index (κ1) is 13.1.